The molecule has 84 valence electrons. The maximum absolute atomic E-state index is 6.14. The van der Waals surface area contributed by atoms with Crippen molar-refractivity contribution in [2.45, 2.75) is 13.5 Å². The maximum atomic E-state index is 6.14. The molecule has 0 saturated heterocycles. The first-order valence-electron chi connectivity index (χ1n) is 5.27. The Hall–Kier alpha value is -1.41. The number of rotatable bonds is 3. The fraction of sp³-hybridized carbons (Fsp3) is 0.231. The lowest BCUT2D eigenvalue weighted by atomic mass is 10.2. The second-order valence-corrected chi connectivity index (χ2v) is 4.35. The van der Waals surface area contributed by atoms with Crippen molar-refractivity contribution in [3.05, 3.63) is 52.8 Å². The smallest absolute Gasteiger partial charge is 0.0640 e. The zero-order valence-electron chi connectivity index (χ0n) is 9.50. The quantitative estimate of drug-likeness (QED) is 0.859. The second kappa shape index (κ2) is 4.62. The van der Waals surface area contributed by atoms with Gasteiger partial charge < -0.3 is 9.88 Å². The molecule has 0 radical (unpaired) electrons. The minimum atomic E-state index is 0.772. The van der Waals surface area contributed by atoms with E-state index in [1.807, 2.05) is 38.4 Å². The molecule has 0 unspecified atom stereocenters. The van der Waals surface area contributed by atoms with Crippen LogP contribution in [-0.4, -0.2) is 4.57 Å². The maximum Gasteiger partial charge on any atom is 0.0640 e. The molecule has 0 amide bonds. The Morgan fingerprint density at radius 2 is 2.12 bits per heavy atom. The third-order valence-electron chi connectivity index (χ3n) is 2.64. The van der Waals surface area contributed by atoms with E-state index in [9.17, 15) is 0 Å². The van der Waals surface area contributed by atoms with Gasteiger partial charge in [-0.2, -0.15) is 0 Å². The molecule has 1 aromatic carbocycles. The summed E-state index contributed by atoms with van der Waals surface area (Å²) in [6.45, 7) is 2.82. The number of hydrogen-bond acceptors (Lipinski definition) is 1. The molecular formula is C13H15ClN2. The van der Waals surface area contributed by atoms with Gasteiger partial charge in [-0.3, -0.25) is 0 Å². The highest BCUT2D eigenvalue weighted by molar-refractivity contribution is 6.33. The molecule has 0 atom stereocenters. The number of benzene rings is 1. The zero-order chi connectivity index (χ0) is 11.5. The minimum absolute atomic E-state index is 0.772. The van der Waals surface area contributed by atoms with E-state index >= 15 is 0 Å². The number of halogens is 1. The lowest BCUT2D eigenvalue weighted by Gasteiger charge is -2.09. The summed E-state index contributed by atoms with van der Waals surface area (Å²) in [4.78, 5) is 0. The van der Waals surface area contributed by atoms with Crippen molar-refractivity contribution in [1.29, 1.82) is 0 Å². The molecule has 1 N–H and O–H groups in total. The van der Waals surface area contributed by atoms with Crippen LogP contribution >= 0.6 is 11.6 Å². The van der Waals surface area contributed by atoms with E-state index in [1.54, 1.807) is 0 Å². The van der Waals surface area contributed by atoms with E-state index in [4.69, 9.17) is 11.6 Å². The summed E-state index contributed by atoms with van der Waals surface area (Å²) in [7, 11) is 2.04. The van der Waals surface area contributed by atoms with Crippen LogP contribution in [0.2, 0.25) is 5.02 Å². The zero-order valence-corrected chi connectivity index (χ0v) is 10.3. The van der Waals surface area contributed by atoms with Gasteiger partial charge in [-0.05, 0) is 36.8 Å². The summed E-state index contributed by atoms with van der Waals surface area (Å²) in [5, 5.41) is 4.10. The molecule has 3 heteroatoms. The first-order valence-corrected chi connectivity index (χ1v) is 5.65. The van der Waals surface area contributed by atoms with E-state index in [2.05, 4.69) is 22.0 Å². The van der Waals surface area contributed by atoms with Crippen molar-refractivity contribution >= 4 is 17.3 Å². The van der Waals surface area contributed by atoms with Gasteiger partial charge >= 0.3 is 0 Å². The van der Waals surface area contributed by atoms with Gasteiger partial charge in [0.15, 0.2) is 0 Å². The number of nitrogens with zero attached hydrogens (tertiary/aromatic N) is 1. The van der Waals surface area contributed by atoms with E-state index in [0.717, 1.165) is 17.3 Å². The molecule has 0 bridgehead atoms. The fourth-order valence-corrected chi connectivity index (χ4v) is 1.93. The van der Waals surface area contributed by atoms with Crippen LogP contribution in [0.4, 0.5) is 5.69 Å². The molecule has 0 spiro atoms. The molecule has 2 aromatic rings. The number of nitrogens with one attached hydrogen (secondary N) is 1. The van der Waals surface area contributed by atoms with Gasteiger partial charge in [0.25, 0.3) is 0 Å². The number of aromatic nitrogens is 1. The third kappa shape index (κ3) is 2.39. The monoisotopic (exact) mass is 234 g/mol. The van der Waals surface area contributed by atoms with Crippen molar-refractivity contribution in [2.24, 2.45) is 7.05 Å². The molecule has 0 saturated carbocycles. The van der Waals surface area contributed by atoms with Crippen molar-refractivity contribution in [3.8, 4) is 0 Å². The van der Waals surface area contributed by atoms with Crippen LogP contribution in [0, 0.1) is 6.92 Å². The average Bonchev–Trinajstić information content (AvgIpc) is 2.63. The summed E-state index contributed by atoms with van der Waals surface area (Å²) in [5.74, 6) is 0. The fourth-order valence-electron chi connectivity index (χ4n) is 1.63. The summed E-state index contributed by atoms with van der Waals surface area (Å²) < 4.78 is 2.09. The van der Waals surface area contributed by atoms with Gasteiger partial charge in [0.05, 0.1) is 17.3 Å². The molecule has 16 heavy (non-hydrogen) atoms. The third-order valence-corrected chi connectivity index (χ3v) is 2.95. The van der Waals surface area contributed by atoms with Gasteiger partial charge in [-0.15, -0.1) is 0 Å². The standard InChI is InChI=1S/C13H15ClN2/c1-10-5-6-13(12(14)8-10)15-9-11-4-3-7-16(11)2/h3-8,15H,9H2,1-2H3. The van der Waals surface area contributed by atoms with Crippen LogP contribution in [0.25, 0.3) is 0 Å². The van der Waals surface area contributed by atoms with E-state index in [0.29, 0.717) is 0 Å². The van der Waals surface area contributed by atoms with Crippen molar-refractivity contribution < 1.29 is 0 Å². The molecule has 2 nitrogen and oxygen atoms in total. The second-order valence-electron chi connectivity index (χ2n) is 3.95. The molecule has 0 fully saturated rings. The average molecular weight is 235 g/mol. The highest BCUT2D eigenvalue weighted by Gasteiger charge is 2.01. The summed E-state index contributed by atoms with van der Waals surface area (Å²) >= 11 is 6.14. The van der Waals surface area contributed by atoms with Gasteiger partial charge in [0.1, 0.15) is 0 Å². The molecule has 0 aliphatic carbocycles. The Bertz CT molecular complexity index is 488. The molecule has 1 heterocycles. The molecule has 2 rings (SSSR count). The minimum Gasteiger partial charge on any atom is -0.378 e. The predicted molar refractivity (Wildman–Crippen MR) is 68.9 cm³/mol. The van der Waals surface area contributed by atoms with Gasteiger partial charge in [0, 0.05) is 18.9 Å². The first-order chi connectivity index (χ1) is 7.66. The Morgan fingerprint density at radius 3 is 2.75 bits per heavy atom. The molecular weight excluding hydrogens is 220 g/mol. The highest BCUT2D eigenvalue weighted by atomic mass is 35.5. The van der Waals surface area contributed by atoms with Crippen LogP contribution < -0.4 is 5.32 Å². The number of aryl methyl sites for hydroxylation is 2. The van der Waals surface area contributed by atoms with E-state index in [1.165, 1.54) is 11.3 Å². The van der Waals surface area contributed by atoms with Crippen molar-refractivity contribution in [3.63, 3.8) is 0 Å². The number of anilines is 1. The highest BCUT2D eigenvalue weighted by Crippen LogP contribution is 2.23. The Labute approximate surface area is 101 Å². The van der Waals surface area contributed by atoms with Gasteiger partial charge in [-0.25, -0.2) is 0 Å². The normalized spacial score (nSPS) is 10.4. The summed E-state index contributed by atoms with van der Waals surface area (Å²) in [5.41, 5.74) is 3.39. The largest absolute Gasteiger partial charge is 0.378 e. The molecule has 1 aromatic heterocycles. The van der Waals surface area contributed by atoms with Crippen molar-refractivity contribution in [1.82, 2.24) is 4.57 Å². The lowest BCUT2D eigenvalue weighted by Crippen LogP contribution is -2.04. The Kier molecular flexibility index (Phi) is 3.20. The van der Waals surface area contributed by atoms with Crippen LogP contribution in [-0.2, 0) is 13.6 Å². The summed E-state index contributed by atoms with van der Waals surface area (Å²) in [6, 6.07) is 10.2. The summed E-state index contributed by atoms with van der Waals surface area (Å²) in [6.07, 6.45) is 2.04. The Balaban J connectivity index is 2.08. The van der Waals surface area contributed by atoms with E-state index < -0.39 is 0 Å². The molecule has 0 aliphatic heterocycles. The number of hydrogen-bond donors (Lipinski definition) is 1. The molecule has 0 aliphatic rings. The first kappa shape index (κ1) is 11.1. The predicted octanol–water partition coefficient (Wildman–Crippen LogP) is 3.60. The van der Waals surface area contributed by atoms with Gasteiger partial charge in [-0.1, -0.05) is 17.7 Å². The van der Waals surface area contributed by atoms with Crippen molar-refractivity contribution in [2.75, 3.05) is 5.32 Å². The van der Waals surface area contributed by atoms with Crippen LogP contribution in [0.5, 0.6) is 0 Å². The SMILES string of the molecule is Cc1ccc(NCc2cccn2C)c(Cl)c1. The lowest BCUT2D eigenvalue weighted by molar-refractivity contribution is 0.842. The van der Waals surface area contributed by atoms with E-state index in [-0.39, 0.29) is 0 Å². The van der Waals surface area contributed by atoms with Crippen LogP contribution in [0.15, 0.2) is 36.5 Å². The Morgan fingerprint density at radius 1 is 1.31 bits per heavy atom. The topological polar surface area (TPSA) is 17.0 Å². The van der Waals surface area contributed by atoms with Crippen LogP contribution in [0.1, 0.15) is 11.3 Å². The van der Waals surface area contributed by atoms with Crippen LogP contribution in [0.3, 0.4) is 0 Å². The van der Waals surface area contributed by atoms with Gasteiger partial charge in [0.2, 0.25) is 0 Å².